The van der Waals surface area contributed by atoms with Crippen LogP contribution in [0.4, 0.5) is 0 Å². The lowest BCUT2D eigenvalue weighted by Crippen LogP contribution is -2.19. The standard InChI is InChI=1S/C13H12N6O3/c1-7-11(17-19-16-7)13-15-12(18-22-13)8-2-4-9(5-3-8)21-6-10(14)20/h2-5H,6H2,1H3,(H2,14,20)(H,16,17,19). The maximum atomic E-state index is 10.7. The predicted molar refractivity (Wildman–Crippen MR) is 74.5 cm³/mol. The van der Waals surface area contributed by atoms with Crippen LogP contribution in [0.2, 0.25) is 0 Å². The fourth-order valence-electron chi connectivity index (χ4n) is 1.78. The molecule has 0 spiro atoms. The van der Waals surface area contributed by atoms with E-state index in [0.29, 0.717) is 23.0 Å². The van der Waals surface area contributed by atoms with Crippen LogP contribution in [0.1, 0.15) is 5.69 Å². The Morgan fingerprint density at radius 3 is 2.73 bits per heavy atom. The van der Waals surface area contributed by atoms with E-state index in [-0.39, 0.29) is 12.5 Å². The SMILES string of the molecule is Cc1n[nH]nc1-c1nc(-c2ccc(OCC(N)=O)cc2)no1. The number of aromatic nitrogens is 5. The van der Waals surface area contributed by atoms with E-state index in [0.717, 1.165) is 5.56 Å². The molecule has 2 heterocycles. The molecule has 0 radical (unpaired) electrons. The molecule has 9 heteroatoms. The first-order valence-electron chi connectivity index (χ1n) is 6.36. The fraction of sp³-hybridized carbons (Fsp3) is 0.154. The molecule has 3 rings (SSSR count). The van der Waals surface area contributed by atoms with Gasteiger partial charge in [-0.05, 0) is 31.2 Å². The summed E-state index contributed by atoms with van der Waals surface area (Å²) < 4.78 is 10.4. The summed E-state index contributed by atoms with van der Waals surface area (Å²) in [5, 5.41) is 14.3. The van der Waals surface area contributed by atoms with E-state index in [9.17, 15) is 4.79 Å². The molecule has 0 aliphatic heterocycles. The average molecular weight is 300 g/mol. The Kier molecular flexibility index (Phi) is 3.52. The number of nitrogens with two attached hydrogens (primary N) is 1. The van der Waals surface area contributed by atoms with Gasteiger partial charge in [0.2, 0.25) is 5.82 Å². The Hall–Kier alpha value is -3.23. The van der Waals surface area contributed by atoms with Gasteiger partial charge in [0.05, 0.1) is 5.69 Å². The number of benzene rings is 1. The van der Waals surface area contributed by atoms with Gasteiger partial charge in [0.15, 0.2) is 12.3 Å². The lowest BCUT2D eigenvalue weighted by molar-refractivity contribution is -0.119. The molecule has 0 bridgehead atoms. The van der Waals surface area contributed by atoms with Gasteiger partial charge >= 0.3 is 0 Å². The Labute approximate surface area is 124 Å². The van der Waals surface area contributed by atoms with Gasteiger partial charge in [0, 0.05) is 5.56 Å². The van der Waals surface area contributed by atoms with Crippen molar-refractivity contribution in [3.05, 3.63) is 30.0 Å². The molecule has 2 aromatic heterocycles. The number of aromatic amines is 1. The highest BCUT2D eigenvalue weighted by atomic mass is 16.5. The van der Waals surface area contributed by atoms with Crippen molar-refractivity contribution in [2.45, 2.75) is 6.92 Å². The van der Waals surface area contributed by atoms with Gasteiger partial charge in [-0.15, -0.1) is 0 Å². The molecule has 22 heavy (non-hydrogen) atoms. The minimum Gasteiger partial charge on any atom is -0.484 e. The molecule has 0 aliphatic rings. The first-order chi connectivity index (χ1) is 10.6. The summed E-state index contributed by atoms with van der Waals surface area (Å²) in [7, 11) is 0. The van der Waals surface area contributed by atoms with Gasteiger partial charge in [-0.3, -0.25) is 4.79 Å². The number of ether oxygens (including phenoxy) is 1. The van der Waals surface area contributed by atoms with E-state index in [1.54, 1.807) is 31.2 Å². The van der Waals surface area contributed by atoms with Crippen molar-refractivity contribution in [1.82, 2.24) is 25.6 Å². The van der Waals surface area contributed by atoms with E-state index >= 15 is 0 Å². The highest BCUT2D eigenvalue weighted by Crippen LogP contribution is 2.23. The van der Waals surface area contributed by atoms with Gasteiger partial charge in [0.1, 0.15) is 5.75 Å². The van der Waals surface area contributed by atoms with Gasteiger partial charge in [-0.1, -0.05) is 5.16 Å². The molecule has 1 amide bonds. The number of hydrogen-bond donors (Lipinski definition) is 2. The molecule has 0 fully saturated rings. The molecule has 112 valence electrons. The second-order valence-electron chi connectivity index (χ2n) is 4.46. The normalized spacial score (nSPS) is 10.6. The van der Waals surface area contributed by atoms with E-state index in [2.05, 4.69) is 25.6 Å². The summed E-state index contributed by atoms with van der Waals surface area (Å²) >= 11 is 0. The number of carbonyl (C=O) groups is 1. The zero-order chi connectivity index (χ0) is 15.5. The zero-order valence-electron chi connectivity index (χ0n) is 11.6. The Balaban J connectivity index is 1.79. The zero-order valence-corrected chi connectivity index (χ0v) is 11.6. The van der Waals surface area contributed by atoms with Gasteiger partial charge < -0.3 is 15.0 Å². The fourth-order valence-corrected chi connectivity index (χ4v) is 1.78. The summed E-state index contributed by atoms with van der Waals surface area (Å²) in [5.41, 5.74) is 6.94. The molecule has 0 saturated heterocycles. The number of nitrogens with zero attached hydrogens (tertiary/aromatic N) is 4. The third kappa shape index (κ3) is 2.77. The van der Waals surface area contributed by atoms with Crippen LogP contribution >= 0.6 is 0 Å². The second kappa shape index (κ2) is 5.64. The Morgan fingerprint density at radius 1 is 1.32 bits per heavy atom. The van der Waals surface area contributed by atoms with Crippen LogP contribution in [0.25, 0.3) is 23.0 Å². The van der Waals surface area contributed by atoms with E-state index in [1.165, 1.54) is 0 Å². The number of hydrogen-bond acceptors (Lipinski definition) is 7. The Bertz CT molecular complexity index is 792. The minimum atomic E-state index is -0.533. The van der Waals surface area contributed by atoms with Crippen molar-refractivity contribution < 1.29 is 14.1 Å². The highest BCUT2D eigenvalue weighted by molar-refractivity contribution is 5.75. The molecule has 3 aromatic rings. The van der Waals surface area contributed by atoms with Gasteiger partial charge in [-0.25, -0.2) is 0 Å². The molecule has 3 N–H and O–H groups in total. The largest absolute Gasteiger partial charge is 0.484 e. The third-order valence-corrected chi connectivity index (χ3v) is 2.84. The first-order valence-corrected chi connectivity index (χ1v) is 6.36. The Morgan fingerprint density at radius 2 is 2.09 bits per heavy atom. The number of nitrogens with one attached hydrogen (secondary N) is 1. The third-order valence-electron chi connectivity index (χ3n) is 2.84. The number of carbonyl (C=O) groups excluding carboxylic acids is 1. The van der Waals surface area contributed by atoms with E-state index in [4.69, 9.17) is 15.0 Å². The van der Waals surface area contributed by atoms with Crippen molar-refractivity contribution in [3.8, 4) is 28.7 Å². The van der Waals surface area contributed by atoms with E-state index in [1.807, 2.05) is 0 Å². The van der Waals surface area contributed by atoms with Crippen LogP contribution in [0.3, 0.4) is 0 Å². The maximum absolute atomic E-state index is 10.7. The number of H-pyrrole nitrogens is 1. The van der Waals surface area contributed by atoms with Crippen molar-refractivity contribution in [2.24, 2.45) is 5.73 Å². The number of primary amides is 1. The van der Waals surface area contributed by atoms with Crippen LogP contribution < -0.4 is 10.5 Å². The molecule has 0 aliphatic carbocycles. The summed E-state index contributed by atoms with van der Waals surface area (Å²) in [6.07, 6.45) is 0. The quantitative estimate of drug-likeness (QED) is 0.708. The topological polar surface area (TPSA) is 133 Å². The first kappa shape index (κ1) is 13.7. The maximum Gasteiger partial charge on any atom is 0.280 e. The molecule has 9 nitrogen and oxygen atoms in total. The molecular weight excluding hydrogens is 288 g/mol. The second-order valence-corrected chi connectivity index (χ2v) is 4.46. The molecule has 0 saturated carbocycles. The van der Waals surface area contributed by atoms with Gasteiger partial charge in [0.25, 0.3) is 11.8 Å². The number of amides is 1. The van der Waals surface area contributed by atoms with Crippen LogP contribution in [-0.2, 0) is 4.79 Å². The van der Waals surface area contributed by atoms with Gasteiger partial charge in [-0.2, -0.15) is 20.4 Å². The lowest BCUT2D eigenvalue weighted by Gasteiger charge is -2.03. The summed E-state index contributed by atoms with van der Waals surface area (Å²) in [4.78, 5) is 14.9. The summed E-state index contributed by atoms with van der Waals surface area (Å²) in [6, 6.07) is 6.88. The molecule has 1 aromatic carbocycles. The summed E-state index contributed by atoms with van der Waals surface area (Å²) in [5.74, 6) is 0.697. The van der Waals surface area contributed by atoms with Crippen molar-refractivity contribution in [2.75, 3.05) is 6.61 Å². The number of rotatable bonds is 5. The van der Waals surface area contributed by atoms with Crippen molar-refractivity contribution in [1.29, 1.82) is 0 Å². The lowest BCUT2D eigenvalue weighted by atomic mass is 10.2. The molecular formula is C13H12N6O3. The van der Waals surface area contributed by atoms with Crippen LogP contribution in [-0.4, -0.2) is 38.1 Å². The highest BCUT2D eigenvalue weighted by Gasteiger charge is 2.15. The van der Waals surface area contributed by atoms with E-state index < -0.39 is 5.91 Å². The predicted octanol–water partition coefficient (Wildman–Crippen LogP) is 0.694. The minimum absolute atomic E-state index is 0.170. The monoisotopic (exact) mass is 300 g/mol. The average Bonchev–Trinajstić information content (AvgIpc) is 3.14. The summed E-state index contributed by atoms with van der Waals surface area (Å²) in [6.45, 7) is 1.62. The number of aryl methyl sites for hydroxylation is 1. The molecule has 0 atom stereocenters. The van der Waals surface area contributed by atoms with Crippen LogP contribution in [0.5, 0.6) is 5.75 Å². The van der Waals surface area contributed by atoms with Crippen LogP contribution in [0.15, 0.2) is 28.8 Å². The van der Waals surface area contributed by atoms with Crippen molar-refractivity contribution >= 4 is 5.91 Å². The smallest absolute Gasteiger partial charge is 0.280 e. The van der Waals surface area contributed by atoms with Crippen molar-refractivity contribution in [3.63, 3.8) is 0 Å². The van der Waals surface area contributed by atoms with Crippen LogP contribution in [0, 0.1) is 6.92 Å². The molecule has 0 unspecified atom stereocenters.